The van der Waals surface area contributed by atoms with E-state index in [-0.39, 0.29) is 22.2 Å². The molecule has 0 aromatic carbocycles. The SMILES string of the molecule is COC(=O)c1sccc1S(=O)(=O)N1CCN(C2CCNC2)CC1.Cl. The first-order chi connectivity index (χ1) is 11.0. The quantitative estimate of drug-likeness (QED) is 0.753. The van der Waals surface area contributed by atoms with E-state index in [1.54, 1.807) is 5.38 Å². The number of esters is 1. The van der Waals surface area contributed by atoms with Crippen molar-refractivity contribution >= 4 is 39.7 Å². The number of hydrogen-bond donors (Lipinski definition) is 1. The zero-order valence-electron chi connectivity index (χ0n) is 13.4. The Morgan fingerprint density at radius 1 is 1.33 bits per heavy atom. The smallest absolute Gasteiger partial charge is 0.349 e. The molecule has 1 atom stereocenters. The van der Waals surface area contributed by atoms with Crippen molar-refractivity contribution < 1.29 is 17.9 Å². The van der Waals surface area contributed by atoms with Gasteiger partial charge in [0.2, 0.25) is 10.0 Å². The van der Waals surface area contributed by atoms with Crippen LogP contribution in [0, 0.1) is 0 Å². The summed E-state index contributed by atoms with van der Waals surface area (Å²) in [6.45, 7) is 4.36. The van der Waals surface area contributed by atoms with Crippen LogP contribution in [0.5, 0.6) is 0 Å². The van der Waals surface area contributed by atoms with Gasteiger partial charge in [-0.25, -0.2) is 13.2 Å². The van der Waals surface area contributed by atoms with E-state index < -0.39 is 16.0 Å². The third-order valence-corrected chi connectivity index (χ3v) is 7.41. The van der Waals surface area contributed by atoms with Gasteiger partial charge in [0.15, 0.2) is 0 Å². The van der Waals surface area contributed by atoms with Crippen LogP contribution in [0.2, 0.25) is 0 Å². The first-order valence-electron chi connectivity index (χ1n) is 7.65. The predicted octanol–water partition coefficient (Wildman–Crippen LogP) is 0.625. The molecule has 1 aromatic heterocycles. The van der Waals surface area contributed by atoms with E-state index in [9.17, 15) is 13.2 Å². The van der Waals surface area contributed by atoms with Crippen molar-refractivity contribution in [1.82, 2.24) is 14.5 Å². The van der Waals surface area contributed by atoms with Crippen LogP contribution in [0.3, 0.4) is 0 Å². The Bertz CT molecular complexity index is 665. The first-order valence-corrected chi connectivity index (χ1v) is 9.96. The predicted molar refractivity (Wildman–Crippen MR) is 94.5 cm³/mol. The molecule has 24 heavy (non-hydrogen) atoms. The van der Waals surface area contributed by atoms with Crippen LogP contribution in [0.1, 0.15) is 16.1 Å². The molecule has 10 heteroatoms. The molecular weight excluding hydrogens is 374 g/mol. The molecule has 0 spiro atoms. The van der Waals surface area contributed by atoms with Gasteiger partial charge in [0, 0.05) is 38.8 Å². The lowest BCUT2D eigenvalue weighted by Crippen LogP contribution is -2.52. The highest BCUT2D eigenvalue weighted by molar-refractivity contribution is 7.89. The van der Waals surface area contributed by atoms with Crippen LogP contribution in [-0.2, 0) is 14.8 Å². The van der Waals surface area contributed by atoms with Crippen LogP contribution in [0.15, 0.2) is 16.3 Å². The van der Waals surface area contributed by atoms with Gasteiger partial charge in [-0.15, -0.1) is 23.7 Å². The number of rotatable bonds is 4. The molecule has 1 N–H and O–H groups in total. The van der Waals surface area contributed by atoms with Crippen LogP contribution in [0.4, 0.5) is 0 Å². The summed E-state index contributed by atoms with van der Waals surface area (Å²) in [7, 11) is -2.39. The lowest BCUT2D eigenvalue weighted by Gasteiger charge is -2.37. The molecular formula is C14H22ClN3O4S2. The summed E-state index contributed by atoms with van der Waals surface area (Å²) < 4.78 is 31.8. The Morgan fingerprint density at radius 2 is 2.04 bits per heavy atom. The summed E-state index contributed by atoms with van der Waals surface area (Å²) in [6.07, 6.45) is 1.11. The van der Waals surface area contributed by atoms with Crippen LogP contribution in [-0.4, -0.2) is 76.0 Å². The summed E-state index contributed by atoms with van der Waals surface area (Å²) in [5.74, 6) is -0.603. The molecule has 1 aromatic rings. The fraction of sp³-hybridized carbons (Fsp3) is 0.643. The van der Waals surface area contributed by atoms with Crippen molar-refractivity contribution in [2.24, 2.45) is 0 Å². The fourth-order valence-corrected chi connectivity index (χ4v) is 5.87. The minimum atomic E-state index is -3.65. The second-order valence-corrected chi connectivity index (χ2v) is 8.51. The summed E-state index contributed by atoms with van der Waals surface area (Å²) in [5, 5.41) is 4.95. The molecule has 0 saturated carbocycles. The third kappa shape index (κ3) is 3.76. The van der Waals surface area contributed by atoms with Crippen LogP contribution in [0.25, 0.3) is 0 Å². The summed E-state index contributed by atoms with van der Waals surface area (Å²) in [5.41, 5.74) is 0. The van der Waals surface area contributed by atoms with Crippen molar-refractivity contribution in [2.75, 3.05) is 46.4 Å². The van der Waals surface area contributed by atoms with Crippen molar-refractivity contribution in [1.29, 1.82) is 0 Å². The summed E-state index contributed by atoms with van der Waals surface area (Å²) >= 11 is 1.09. The van der Waals surface area contributed by atoms with Crippen molar-refractivity contribution in [3.8, 4) is 0 Å². The maximum Gasteiger partial charge on any atom is 0.349 e. The number of carbonyl (C=O) groups is 1. The monoisotopic (exact) mass is 395 g/mol. The number of sulfonamides is 1. The Hall–Kier alpha value is -0.710. The van der Waals surface area contributed by atoms with Gasteiger partial charge in [0.1, 0.15) is 9.77 Å². The molecule has 3 rings (SSSR count). The number of ether oxygens (including phenoxy) is 1. The minimum Gasteiger partial charge on any atom is -0.465 e. The molecule has 0 aliphatic carbocycles. The van der Waals surface area contributed by atoms with E-state index in [2.05, 4.69) is 15.0 Å². The van der Waals surface area contributed by atoms with E-state index >= 15 is 0 Å². The normalized spacial score (nSPS) is 23.0. The molecule has 2 aliphatic heterocycles. The molecule has 2 aliphatic rings. The third-order valence-electron chi connectivity index (χ3n) is 4.44. The number of piperazine rings is 1. The molecule has 136 valence electrons. The number of halogens is 1. The molecule has 7 nitrogen and oxygen atoms in total. The molecule has 0 amide bonds. The van der Waals surface area contributed by atoms with Crippen molar-refractivity contribution in [2.45, 2.75) is 17.4 Å². The van der Waals surface area contributed by atoms with Gasteiger partial charge in [0.25, 0.3) is 0 Å². The Labute approximate surface area is 152 Å². The average molecular weight is 396 g/mol. The zero-order chi connectivity index (χ0) is 16.4. The number of hydrogen-bond acceptors (Lipinski definition) is 7. The summed E-state index contributed by atoms with van der Waals surface area (Å²) in [4.78, 5) is 14.3. The number of nitrogens with one attached hydrogen (secondary N) is 1. The van der Waals surface area contributed by atoms with Gasteiger partial charge >= 0.3 is 5.97 Å². The maximum atomic E-state index is 12.8. The molecule has 3 heterocycles. The second kappa shape index (κ2) is 8.11. The molecule has 2 fully saturated rings. The van der Waals surface area contributed by atoms with Gasteiger partial charge in [-0.2, -0.15) is 4.31 Å². The molecule has 1 unspecified atom stereocenters. The average Bonchev–Trinajstić information content (AvgIpc) is 3.25. The van der Waals surface area contributed by atoms with Gasteiger partial charge in [-0.05, 0) is 24.4 Å². The van der Waals surface area contributed by atoms with Crippen LogP contribution < -0.4 is 5.32 Å². The Balaban J connectivity index is 0.00000208. The highest BCUT2D eigenvalue weighted by Gasteiger charge is 2.34. The van der Waals surface area contributed by atoms with Crippen molar-refractivity contribution in [3.63, 3.8) is 0 Å². The van der Waals surface area contributed by atoms with E-state index in [1.165, 1.54) is 17.5 Å². The number of nitrogens with zero attached hydrogens (tertiary/aromatic N) is 2. The highest BCUT2D eigenvalue weighted by atomic mass is 35.5. The maximum absolute atomic E-state index is 12.8. The Morgan fingerprint density at radius 3 is 2.62 bits per heavy atom. The number of carbonyl (C=O) groups excluding carboxylic acids is 1. The van der Waals surface area contributed by atoms with Gasteiger partial charge in [0.05, 0.1) is 7.11 Å². The standard InChI is InChI=1S/C14H21N3O4S2.ClH/c1-21-14(18)13-12(3-9-22-13)23(19,20)17-7-5-16(6-8-17)11-2-4-15-10-11;/h3,9,11,15H,2,4-8,10H2,1H3;1H. The summed E-state index contributed by atoms with van der Waals surface area (Å²) in [6, 6.07) is 1.99. The molecule has 2 saturated heterocycles. The van der Waals surface area contributed by atoms with E-state index in [1.807, 2.05) is 0 Å². The number of thiophene rings is 1. The second-order valence-electron chi connectivity index (χ2n) is 5.69. The van der Waals surface area contributed by atoms with E-state index in [4.69, 9.17) is 0 Å². The largest absolute Gasteiger partial charge is 0.465 e. The fourth-order valence-electron chi connectivity index (χ4n) is 3.14. The van der Waals surface area contributed by atoms with E-state index in [0.29, 0.717) is 19.1 Å². The lowest BCUT2D eigenvalue weighted by molar-refractivity contribution is 0.0602. The van der Waals surface area contributed by atoms with E-state index in [0.717, 1.165) is 43.9 Å². The zero-order valence-corrected chi connectivity index (χ0v) is 15.9. The van der Waals surface area contributed by atoms with Gasteiger partial charge < -0.3 is 10.1 Å². The topological polar surface area (TPSA) is 79.0 Å². The minimum absolute atomic E-state index is 0. The highest BCUT2D eigenvalue weighted by Crippen LogP contribution is 2.27. The molecule has 0 bridgehead atoms. The van der Waals surface area contributed by atoms with Crippen molar-refractivity contribution in [3.05, 3.63) is 16.3 Å². The first kappa shape index (κ1) is 19.6. The lowest BCUT2D eigenvalue weighted by atomic mass is 10.2. The molecule has 0 radical (unpaired) electrons. The van der Waals surface area contributed by atoms with Gasteiger partial charge in [-0.3, -0.25) is 4.90 Å². The van der Waals surface area contributed by atoms with Gasteiger partial charge in [-0.1, -0.05) is 0 Å². The Kier molecular flexibility index (Phi) is 6.63. The van der Waals surface area contributed by atoms with Crippen LogP contribution >= 0.6 is 23.7 Å². The number of methoxy groups -OCH3 is 1.